The first-order valence-corrected chi connectivity index (χ1v) is 18.3. The minimum Gasteiger partial charge on any atom is -0.370 e. The van der Waals surface area contributed by atoms with Crippen LogP contribution in [0.1, 0.15) is 113 Å². The summed E-state index contributed by atoms with van der Waals surface area (Å²) in [6.45, 7) is 19.3. The zero-order chi connectivity index (χ0) is 27.9. The molecule has 7 atom stereocenters. The summed E-state index contributed by atoms with van der Waals surface area (Å²) in [5.74, 6) is 6.65. The van der Waals surface area contributed by atoms with E-state index >= 15 is 0 Å². The average molecular weight is 565 g/mol. The van der Waals surface area contributed by atoms with Crippen molar-refractivity contribution in [3.63, 3.8) is 0 Å². The normalized spacial score (nSPS) is 33.8. The van der Waals surface area contributed by atoms with Crippen LogP contribution in [0.2, 0.25) is 0 Å². The van der Waals surface area contributed by atoms with Gasteiger partial charge in [0.1, 0.15) is 0 Å². The molecule has 0 radical (unpaired) electrons. The Hall–Kier alpha value is -0.330. The fourth-order valence-corrected chi connectivity index (χ4v) is 10.9. The van der Waals surface area contributed by atoms with E-state index in [1.165, 1.54) is 76.5 Å². The second kappa shape index (κ2) is 14.5. The second-order valence-corrected chi connectivity index (χ2v) is 16.4. The highest BCUT2D eigenvalue weighted by atomic mass is 33.1. The summed E-state index contributed by atoms with van der Waals surface area (Å²) in [5, 5.41) is 3.96. The van der Waals surface area contributed by atoms with Crippen molar-refractivity contribution in [2.75, 3.05) is 24.6 Å². The molecule has 0 spiro atoms. The summed E-state index contributed by atoms with van der Waals surface area (Å²) < 4.78 is 0. The first kappa shape index (κ1) is 32.2. The van der Waals surface area contributed by atoms with E-state index in [0.717, 1.165) is 35.3 Å². The third-order valence-electron chi connectivity index (χ3n) is 10.9. The van der Waals surface area contributed by atoms with Gasteiger partial charge in [0.15, 0.2) is 5.96 Å². The molecule has 0 amide bonds. The molecule has 38 heavy (non-hydrogen) atoms. The lowest BCUT2D eigenvalue weighted by Crippen LogP contribution is -2.51. The predicted octanol–water partition coefficient (Wildman–Crippen LogP) is 8.03. The Labute approximate surface area is 243 Å². The molecule has 0 saturated heterocycles. The van der Waals surface area contributed by atoms with Crippen LogP contribution in [0.5, 0.6) is 0 Å². The topological polar surface area (TPSA) is 76.4 Å². The van der Waals surface area contributed by atoms with Gasteiger partial charge in [0.2, 0.25) is 0 Å². The number of nitrogens with zero attached hydrogens (tertiary/aromatic N) is 1. The van der Waals surface area contributed by atoms with Crippen LogP contribution >= 0.6 is 21.6 Å². The highest BCUT2D eigenvalue weighted by molar-refractivity contribution is 8.76. The second-order valence-electron chi connectivity index (χ2n) is 13.7. The molecule has 4 nitrogen and oxygen atoms in total. The van der Waals surface area contributed by atoms with Crippen LogP contribution in [0, 0.1) is 40.4 Å². The van der Waals surface area contributed by atoms with E-state index in [4.69, 9.17) is 11.5 Å². The number of rotatable bonds is 15. The zero-order valence-corrected chi connectivity index (χ0v) is 27.4. The lowest BCUT2D eigenvalue weighted by atomic mass is 9.47. The maximum atomic E-state index is 5.46. The summed E-state index contributed by atoms with van der Waals surface area (Å²) in [7, 11) is 3.92. The first-order valence-electron chi connectivity index (χ1n) is 15.8. The Morgan fingerprint density at radius 1 is 1.08 bits per heavy atom. The van der Waals surface area contributed by atoms with E-state index in [-0.39, 0.29) is 5.96 Å². The van der Waals surface area contributed by atoms with Gasteiger partial charge in [-0.3, -0.25) is 4.99 Å². The summed E-state index contributed by atoms with van der Waals surface area (Å²) in [6.07, 6.45) is 13.7. The fourth-order valence-electron chi connectivity index (χ4n) is 9.01. The van der Waals surface area contributed by atoms with Gasteiger partial charge in [0.25, 0.3) is 0 Å². The monoisotopic (exact) mass is 564 g/mol. The Kier molecular flexibility index (Phi) is 12.3. The van der Waals surface area contributed by atoms with Crippen LogP contribution in [-0.2, 0) is 0 Å². The maximum absolute atomic E-state index is 5.46. The molecule has 3 aliphatic rings. The van der Waals surface area contributed by atoms with Crippen molar-refractivity contribution in [2.24, 2.45) is 56.9 Å². The van der Waals surface area contributed by atoms with Crippen LogP contribution in [-0.4, -0.2) is 36.6 Å². The molecule has 2 fully saturated rings. The Morgan fingerprint density at radius 3 is 2.50 bits per heavy atom. The summed E-state index contributed by atoms with van der Waals surface area (Å²) in [5.41, 5.74) is 15.4. The molecule has 220 valence electrons. The molecule has 2 saturated carbocycles. The molecular weight excluding hydrogens is 505 g/mol. The molecule has 0 heterocycles. The van der Waals surface area contributed by atoms with Gasteiger partial charge in [0, 0.05) is 17.5 Å². The molecule has 6 unspecified atom stereocenters. The van der Waals surface area contributed by atoms with Gasteiger partial charge in [-0.1, -0.05) is 80.2 Å². The fraction of sp³-hybridized carbons (Fsp3) is 0.906. The van der Waals surface area contributed by atoms with Crippen LogP contribution in [0.25, 0.3) is 0 Å². The number of hydrogen-bond acceptors (Lipinski definition) is 4. The molecule has 0 aromatic carbocycles. The highest BCUT2D eigenvalue weighted by Crippen LogP contribution is 2.66. The van der Waals surface area contributed by atoms with Gasteiger partial charge in [-0.2, -0.15) is 0 Å². The number of hydrogen-bond donors (Lipinski definition) is 3. The number of nitrogens with two attached hydrogens (primary N) is 2. The molecule has 6 heteroatoms. The van der Waals surface area contributed by atoms with Crippen LogP contribution < -0.4 is 16.8 Å². The van der Waals surface area contributed by atoms with Crippen molar-refractivity contribution in [1.29, 1.82) is 0 Å². The molecule has 3 aliphatic carbocycles. The lowest BCUT2D eigenvalue weighted by Gasteiger charge is -2.58. The number of aliphatic imine (C=N–C) groups is 1. The molecule has 0 aliphatic heterocycles. The van der Waals surface area contributed by atoms with E-state index in [0.29, 0.717) is 23.4 Å². The lowest BCUT2D eigenvalue weighted by molar-refractivity contribution is -0.0446. The van der Waals surface area contributed by atoms with Crippen molar-refractivity contribution in [3.8, 4) is 0 Å². The minimum absolute atomic E-state index is 0.203. The Morgan fingerprint density at radius 2 is 1.82 bits per heavy atom. The summed E-state index contributed by atoms with van der Waals surface area (Å²) >= 11 is 0. The molecule has 0 aromatic heterocycles. The number of nitrogens with one attached hydrogen (secondary N) is 1. The number of guanidine groups is 1. The molecule has 0 aromatic rings. The van der Waals surface area contributed by atoms with Gasteiger partial charge in [-0.15, -0.1) is 0 Å². The maximum Gasteiger partial charge on any atom is 0.185 e. The van der Waals surface area contributed by atoms with Crippen LogP contribution in [0.3, 0.4) is 0 Å². The standard InChI is InChI=1S/C32H60N4S2/c1-8-9-15-31(6)26(14-19-37-38-20-18-36-30(33)34)23(4)21-25-28-11-10-27(24(5)35-17-13-22(2)3)32(28,7)16-12-29(25)31/h22,24-25,27-29,35H,8-21H2,1-7H3,(H4,33,34,36)/t24-,25?,27?,28?,29?,31?,32?/m1/s1. The first-order chi connectivity index (χ1) is 18.0. The van der Waals surface area contributed by atoms with Gasteiger partial charge >= 0.3 is 0 Å². The van der Waals surface area contributed by atoms with Gasteiger partial charge < -0.3 is 16.8 Å². The van der Waals surface area contributed by atoms with E-state index in [2.05, 4.69) is 58.8 Å². The van der Waals surface area contributed by atoms with Crippen molar-refractivity contribution in [1.82, 2.24) is 5.32 Å². The third kappa shape index (κ3) is 7.49. The molecular formula is C32H60N4S2. The smallest absolute Gasteiger partial charge is 0.185 e. The summed E-state index contributed by atoms with van der Waals surface area (Å²) in [6, 6.07) is 0.643. The van der Waals surface area contributed by atoms with Crippen LogP contribution in [0.15, 0.2) is 16.1 Å². The van der Waals surface area contributed by atoms with E-state index in [1.54, 1.807) is 5.57 Å². The molecule has 3 rings (SSSR count). The zero-order valence-electron chi connectivity index (χ0n) is 25.8. The van der Waals surface area contributed by atoms with Gasteiger partial charge in [-0.05, 0) is 112 Å². The molecule has 0 bridgehead atoms. The summed E-state index contributed by atoms with van der Waals surface area (Å²) in [4.78, 5) is 4.12. The quantitative estimate of drug-likeness (QED) is 0.0617. The third-order valence-corrected chi connectivity index (χ3v) is 13.3. The highest BCUT2D eigenvalue weighted by Gasteiger charge is 2.59. The van der Waals surface area contributed by atoms with Crippen molar-refractivity contribution < 1.29 is 0 Å². The van der Waals surface area contributed by atoms with E-state index in [9.17, 15) is 0 Å². The predicted molar refractivity (Wildman–Crippen MR) is 173 cm³/mol. The van der Waals surface area contributed by atoms with Crippen molar-refractivity contribution in [2.45, 2.75) is 119 Å². The minimum atomic E-state index is 0.203. The van der Waals surface area contributed by atoms with Crippen molar-refractivity contribution >= 4 is 27.5 Å². The van der Waals surface area contributed by atoms with Gasteiger partial charge in [0.05, 0.1) is 6.54 Å². The van der Waals surface area contributed by atoms with Crippen molar-refractivity contribution in [3.05, 3.63) is 11.1 Å². The average Bonchev–Trinajstić information content (AvgIpc) is 3.21. The number of allylic oxidation sites excluding steroid dienone is 2. The number of unbranched alkanes of at least 4 members (excludes halogenated alkanes) is 1. The van der Waals surface area contributed by atoms with Crippen LogP contribution in [0.4, 0.5) is 0 Å². The SMILES string of the molecule is CCCCC1(C)C(CCSSCCN=C(N)N)=C(C)CC2C1CCC1(C)C2CCC1[C@@H](C)NCCC(C)C. The number of fused-ring (bicyclic) bond motifs is 3. The largest absolute Gasteiger partial charge is 0.370 e. The van der Waals surface area contributed by atoms with E-state index in [1.807, 2.05) is 27.2 Å². The molecule has 5 N–H and O–H groups in total. The van der Waals surface area contributed by atoms with E-state index < -0.39 is 0 Å². The van der Waals surface area contributed by atoms with Gasteiger partial charge in [-0.25, -0.2) is 0 Å². The Balaban J connectivity index is 1.71. The Bertz CT molecular complexity index is 807.